The van der Waals surface area contributed by atoms with Gasteiger partial charge in [-0.2, -0.15) is 5.10 Å². The van der Waals surface area contributed by atoms with Crippen molar-refractivity contribution in [2.24, 2.45) is 17.8 Å². The molecule has 2 aliphatic carbocycles. The average molecular weight is 263 g/mol. The molecule has 1 heterocycles. The molecule has 6 heteroatoms. The molecule has 1 amide bonds. The van der Waals surface area contributed by atoms with Crippen molar-refractivity contribution in [1.82, 2.24) is 9.78 Å². The van der Waals surface area contributed by atoms with E-state index in [-0.39, 0.29) is 18.4 Å². The molecule has 0 radical (unpaired) electrons. The number of carboxylic acids is 1. The van der Waals surface area contributed by atoms with E-state index in [0.717, 1.165) is 12.8 Å². The number of hydrogen-bond acceptors (Lipinski definition) is 3. The number of anilines is 1. The summed E-state index contributed by atoms with van der Waals surface area (Å²) in [5.74, 6) is 0.804. The zero-order chi connectivity index (χ0) is 13.4. The maximum Gasteiger partial charge on any atom is 0.325 e. The maximum atomic E-state index is 12.1. The molecule has 2 aliphatic rings. The van der Waals surface area contributed by atoms with Crippen molar-refractivity contribution in [3.63, 3.8) is 0 Å². The second-order valence-electron chi connectivity index (χ2n) is 5.42. The molecular formula is C13H17N3O3. The Morgan fingerprint density at radius 2 is 2.05 bits per heavy atom. The number of nitrogens with one attached hydrogen (secondary N) is 1. The minimum absolute atomic E-state index is 0.0393. The van der Waals surface area contributed by atoms with Crippen molar-refractivity contribution in [2.45, 2.75) is 32.2 Å². The van der Waals surface area contributed by atoms with Gasteiger partial charge in [-0.3, -0.25) is 14.3 Å². The van der Waals surface area contributed by atoms with Crippen LogP contribution in [0.15, 0.2) is 12.3 Å². The van der Waals surface area contributed by atoms with Gasteiger partial charge in [-0.25, -0.2) is 0 Å². The van der Waals surface area contributed by atoms with E-state index in [4.69, 9.17) is 5.11 Å². The fourth-order valence-electron chi connectivity index (χ4n) is 3.25. The second-order valence-corrected chi connectivity index (χ2v) is 5.42. The zero-order valence-electron chi connectivity index (χ0n) is 10.6. The third kappa shape index (κ3) is 2.47. The lowest BCUT2D eigenvalue weighted by atomic mass is 10.0. The fourth-order valence-corrected chi connectivity index (χ4v) is 3.25. The lowest BCUT2D eigenvalue weighted by Crippen LogP contribution is -2.16. The van der Waals surface area contributed by atoms with Gasteiger partial charge in [0.25, 0.3) is 0 Å². The molecule has 0 aromatic carbocycles. The van der Waals surface area contributed by atoms with Gasteiger partial charge in [-0.05, 0) is 24.7 Å². The molecule has 2 atom stereocenters. The summed E-state index contributed by atoms with van der Waals surface area (Å²) in [6, 6.07) is 1.63. The summed E-state index contributed by atoms with van der Waals surface area (Å²) in [5.41, 5.74) is 0. The Kier molecular flexibility index (Phi) is 3.00. The molecule has 1 aromatic rings. The highest BCUT2D eigenvalue weighted by Crippen LogP contribution is 2.55. The van der Waals surface area contributed by atoms with Crippen LogP contribution in [0, 0.1) is 17.8 Å². The van der Waals surface area contributed by atoms with E-state index >= 15 is 0 Å². The van der Waals surface area contributed by atoms with Crippen LogP contribution in [0.4, 0.5) is 5.82 Å². The number of aromatic nitrogens is 2. The molecule has 2 saturated carbocycles. The first-order chi connectivity index (χ1) is 9.15. The highest BCUT2D eigenvalue weighted by atomic mass is 16.4. The third-order valence-corrected chi connectivity index (χ3v) is 4.15. The number of aliphatic carboxylic acids is 1. The average Bonchev–Trinajstić information content (AvgIpc) is 2.95. The first-order valence-corrected chi connectivity index (χ1v) is 6.71. The van der Waals surface area contributed by atoms with Gasteiger partial charge in [0.1, 0.15) is 6.54 Å². The number of amides is 1. The van der Waals surface area contributed by atoms with Gasteiger partial charge in [0.2, 0.25) is 5.91 Å². The summed E-state index contributed by atoms with van der Waals surface area (Å²) in [7, 11) is 0. The monoisotopic (exact) mass is 263 g/mol. The number of carbonyl (C=O) groups is 2. The highest BCUT2D eigenvalue weighted by molar-refractivity contribution is 5.94. The lowest BCUT2D eigenvalue weighted by Gasteiger charge is -2.04. The molecule has 0 saturated heterocycles. The number of hydrogen-bond donors (Lipinski definition) is 2. The normalized spacial score (nSPS) is 28.5. The van der Waals surface area contributed by atoms with Crippen molar-refractivity contribution in [1.29, 1.82) is 0 Å². The van der Waals surface area contributed by atoms with Gasteiger partial charge >= 0.3 is 5.97 Å². The van der Waals surface area contributed by atoms with E-state index in [9.17, 15) is 9.59 Å². The predicted octanol–water partition coefficient (Wildman–Crippen LogP) is 1.34. The van der Waals surface area contributed by atoms with Crippen LogP contribution in [-0.4, -0.2) is 26.8 Å². The Morgan fingerprint density at radius 1 is 1.37 bits per heavy atom. The van der Waals surface area contributed by atoms with E-state index in [1.54, 1.807) is 12.3 Å². The van der Waals surface area contributed by atoms with E-state index in [1.807, 2.05) is 0 Å². The molecule has 102 valence electrons. The van der Waals surface area contributed by atoms with Crippen LogP contribution in [0.1, 0.15) is 25.7 Å². The topological polar surface area (TPSA) is 84.2 Å². The van der Waals surface area contributed by atoms with Crippen LogP contribution >= 0.6 is 0 Å². The molecule has 3 rings (SSSR count). The molecule has 2 fully saturated rings. The van der Waals surface area contributed by atoms with Gasteiger partial charge < -0.3 is 10.4 Å². The maximum absolute atomic E-state index is 12.1. The van der Waals surface area contributed by atoms with Crippen molar-refractivity contribution < 1.29 is 14.7 Å². The molecule has 1 aromatic heterocycles. The smallest absolute Gasteiger partial charge is 0.325 e. The van der Waals surface area contributed by atoms with Crippen LogP contribution < -0.4 is 5.32 Å². The van der Waals surface area contributed by atoms with Crippen molar-refractivity contribution in [3.05, 3.63) is 12.3 Å². The summed E-state index contributed by atoms with van der Waals surface area (Å²) >= 11 is 0. The van der Waals surface area contributed by atoms with Gasteiger partial charge in [0, 0.05) is 18.2 Å². The van der Waals surface area contributed by atoms with E-state index < -0.39 is 5.97 Å². The molecule has 6 nitrogen and oxygen atoms in total. The first kappa shape index (κ1) is 12.2. The SMILES string of the molecule is O=C(O)Cn1ccc(NC(=O)C2C3CCCCC32)n1. The highest BCUT2D eigenvalue weighted by Gasteiger charge is 2.54. The summed E-state index contributed by atoms with van der Waals surface area (Å²) in [5, 5.41) is 15.5. The standard InChI is InChI=1S/C13H17N3O3/c17-11(18)7-16-6-5-10(15-16)14-13(19)12-8-3-1-2-4-9(8)12/h5-6,8-9,12H,1-4,7H2,(H,17,18)(H,14,15,19). The first-order valence-electron chi connectivity index (χ1n) is 6.71. The number of fused-ring (bicyclic) bond motifs is 1. The van der Waals surface area contributed by atoms with Crippen LogP contribution in [0.5, 0.6) is 0 Å². The zero-order valence-corrected chi connectivity index (χ0v) is 10.6. The van der Waals surface area contributed by atoms with Gasteiger partial charge in [0.15, 0.2) is 5.82 Å². The van der Waals surface area contributed by atoms with Gasteiger partial charge in [0.05, 0.1) is 0 Å². The number of rotatable bonds is 4. The number of nitrogens with zero attached hydrogens (tertiary/aromatic N) is 2. The second kappa shape index (κ2) is 4.68. The molecule has 0 spiro atoms. The van der Waals surface area contributed by atoms with Crippen molar-refractivity contribution in [2.75, 3.05) is 5.32 Å². The summed E-state index contributed by atoms with van der Waals surface area (Å²) in [6.07, 6.45) is 6.35. The summed E-state index contributed by atoms with van der Waals surface area (Å²) < 4.78 is 1.30. The Balaban J connectivity index is 1.58. The summed E-state index contributed by atoms with van der Waals surface area (Å²) in [4.78, 5) is 22.6. The van der Waals surface area contributed by atoms with Crippen LogP contribution in [0.25, 0.3) is 0 Å². The quantitative estimate of drug-likeness (QED) is 0.858. The van der Waals surface area contributed by atoms with E-state index in [1.165, 1.54) is 17.5 Å². The molecule has 2 unspecified atom stereocenters. The van der Waals surface area contributed by atoms with Crippen LogP contribution in [-0.2, 0) is 16.1 Å². The van der Waals surface area contributed by atoms with Crippen molar-refractivity contribution >= 4 is 17.7 Å². The van der Waals surface area contributed by atoms with E-state index in [0.29, 0.717) is 17.7 Å². The third-order valence-electron chi connectivity index (χ3n) is 4.15. The fraction of sp³-hybridized carbons (Fsp3) is 0.615. The van der Waals surface area contributed by atoms with Crippen molar-refractivity contribution in [3.8, 4) is 0 Å². The Hall–Kier alpha value is -1.85. The van der Waals surface area contributed by atoms with Crippen LogP contribution in [0.2, 0.25) is 0 Å². The largest absolute Gasteiger partial charge is 0.480 e. The molecule has 19 heavy (non-hydrogen) atoms. The number of carboxylic acid groups (broad SMARTS) is 1. The molecule has 2 N–H and O–H groups in total. The molecular weight excluding hydrogens is 246 g/mol. The summed E-state index contributed by atoms with van der Waals surface area (Å²) in [6.45, 7) is -0.190. The lowest BCUT2D eigenvalue weighted by molar-refractivity contribution is -0.137. The minimum atomic E-state index is -0.950. The predicted molar refractivity (Wildman–Crippen MR) is 67.4 cm³/mol. The Labute approximate surface area is 110 Å². The molecule has 0 aliphatic heterocycles. The Morgan fingerprint density at radius 3 is 2.68 bits per heavy atom. The van der Waals surface area contributed by atoms with E-state index in [2.05, 4.69) is 10.4 Å². The number of carbonyl (C=O) groups excluding carboxylic acids is 1. The van der Waals surface area contributed by atoms with Gasteiger partial charge in [-0.15, -0.1) is 0 Å². The molecule has 0 bridgehead atoms. The minimum Gasteiger partial charge on any atom is -0.480 e. The Bertz CT molecular complexity index is 499. The van der Waals surface area contributed by atoms with Crippen LogP contribution in [0.3, 0.4) is 0 Å². The van der Waals surface area contributed by atoms with Gasteiger partial charge in [-0.1, -0.05) is 12.8 Å².